The topological polar surface area (TPSA) is 79.6 Å². The first-order valence-corrected chi connectivity index (χ1v) is 10.2. The van der Waals surface area contributed by atoms with E-state index in [2.05, 4.69) is 19.2 Å². The van der Waals surface area contributed by atoms with Gasteiger partial charge < -0.3 is 9.73 Å². The highest BCUT2D eigenvalue weighted by Gasteiger charge is 2.31. The van der Waals surface area contributed by atoms with Crippen LogP contribution in [-0.2, 0) is 10.0 Å². The zero-order valence-electron chi connectivity index (χ0n) is 15.2. The first kappa shape index (κ1) is 18.7. The SMILES string of the molecule is Cc1ccc(C(=O)Nc2ccc(S(=O)(=O)N3C[C@H](C)C[C@H](C)C3)cc2)o1. The molecule has 1 amide bonds. The van der Waals surface area contributed by atoms with Crippen molar-refractivity contribution in [2.75, 3.05) is 18.4 Å². The third-order valence-electron chi connectivity index (χ3n) is 4.55. The number of carbonyl (C=O) groups is 1. The summed E-state index contributed by atoms with van der Waals surface area (Å²) in [6.07, 6.45) is 1.04. The second-order valence-corrected chi connectivity index (χ2v) is 9.09. The van der Waals surface area contributed by atoms with Gasteiger partial charge in [-0.25, -0.2) is 8.42 Å². The molecule has 0 aliphatic carbocycles. The maximum absolute atomic E-state index is 12.9. The molecular formula is C19H24N2O4S. The highest BCUT2D eigenvalue weighted by Crippen LogP contribution is 2.27. The third kappa shape index (κ3) is 3.99. The van der Waals surface area contributed by atoms with Crippen molar-refractivity contribution < 1.29 is 17.6 Å². The molecule has 1 fully saturated rings. The monoisotopic (exact) mass is 376 g/mol. The number of nitrogens with one attached hydrogen (secondary N) is 1. The van der Waals surface area contributed by atoms with Crippen LogP contribution in [-0.4, -0.2) is 31.7 Å². The summed E-state index contributed by atoms with van der Waals surface area (Å²) < 4.78 is 32.6. The molecule has 1 aliphatic rings. The van der Waals surface area contributed by atoms with E-state index in [1.807, 2.05) is 0 Å². The minimum atomic E-state index is -3.52. The summed E-state index contributed by atoms with van der Waals surface area (Å²) in [5.74, 6) is 1.21. The Hall–Kier alpha value is -2.12. The van der Waals surface area contributed by atoms with Crippen LogP contribution in [0.25, 0.3) is 0 Å². The summed E-state index contributed by atoms with van der Waals surface area (Å²) in [7, 11) is -3.52. The molecule has 0 bridgehead atoms. The van der Waals surface area contributed by atoms with Crippen molar-refractivity contribution in [2.45, 2.75) is 32.1 Å². The number of nitrogens with zero attached hydrogens (tertiary/aromatic N) is 1. The molecule has 0 spiro atoms. The van der Waals surface area contributed by atoms with Crippen LogP contribution in [0, 0.1) is 18.8 Å². The lowest BCUT2D eigenvalue weighted by Crippen LogP contribution is -2.42. The molecule has 1 aromatic carbocycles. The Bertz CT molecular complexity index is 877. The Balaban J connectivity index is 1.73. The van der Waals surface area contributed by atoms with Gasteiger partial charge >= 0.3 is 0 Å². The summed E-state index contributed by atoms with van der Waals surface area (Å²) in [6.45, 7) is 7.01. The van der Waals surface area contributed by atoms with E-state index >= 15 is 0 Å². The summed E-state index contributed by atoms with van der Waals surface area (Å²) in [5.41, 5.74) is 0.517. The van der Waals surface area contributed by atoms with Crippen molar-refractivity contribution in [2.24, 2.45) is 11.8 Å². The van der Waals surface area contributed by atoms with Gasteiger partial charge in [-0.1, -0.05) is 13.8 Å². The highest BCUT2D eigenvalue weighted by atomic mass is 32.2. The van der Waals surface area contributed by atoms with Crippen LogP contribution in [0.4, 0.5) is 5.69 Å². The molecular weight excluding hydrogens is 352 g/mol. The summed E-state index contributed by atoms with van der Waals surface area (Å²) in [4.78, 5) is 12.3. The molecule has 1 N–H and O–H groups in total. The molecule has 7 heteroatoms. The van der Waals surface area contributed by atoms with Crippen LogP contribution in [0.5, 0.6) is 0 Å². The maximum Gasteiger partial charge on any atom is 0.291 e. The normalized spacial score (nSPS) is 21.5. The molecule has 26 heavy (non-hydrogen) atoms. The molecule has 1 aromatic heterocycles. The predicted octanol–water partition coefficient (Wildman–Crippen LogP) is 3.51. The lowest BCUT2D eigenvalue weighted by molar-refractivity contribution is 0.0995. The van der Waals surface area contributed by atoms with E-state index in [0.29, 0.717) is 36.4 Å². The number of anilines is 1. The number of aryl methyl sites for hydroxylation is 1. The van der Waals surface area contributed by atoms with Crippen molar-refractivity contribution in [3.8, 4) is 0 Å². The molecule has 1 aliphatic heterocycles. The van der Waals surface area contributed by atoms with Crippen molar-refractivity contribution in [1.29, 1.82) is 0 Å². The zero-order chi connectivity index (χ0) is 18.9. The summed E-state index contributed by atoms with van der Waals surface area (Å²) >= 11 is 0. The molecule has 3 rings (SSSR count). The summed E-state index contributed by atoms with van der Waals surface area (Å²) in [6, 6.07) is 9.56. The van der Waals surface area contributed by atoms with Gasteiger partial charge in [0.05, 0.1) is 4.90 Å². The molecule has 1 saturated heterocycles. The van der Waals surface area contributed by atoms with E-state index < -0.39 is 10.0 Å². The number of hydrogen-bond donors (Lipinski definition) is 1. The smallest absolute Gasteiger partial charge is 0.291 e. The van der Waals surface area contributed by atoms with Crippen molar-refractivity contribution in [3.63, 3.8) is 0 Å². The molecule has 2 atom stereocenters. The number of sulfonamides is 1. The molecule has 0 saturated carbocycles. The molecule has 140 valence electrons. The van der Waals surface area contributed by atoms with Gasteiger partial charge in [0.15, 0.2) is 5.76 Å². The van der Waals surface area contributed by atoms with Gasteiger partial charge in [-0.05, 0) is 61.6 Å². The van der Waals surface area contributed by atoms with E-state index in [0.717, 1.165) is 6.42 Å². The van der Waals surface area contributed by atoms with Gasteiger partial charge in [-0.2, -0.15) is 4.31 Å². The first-order chi connectivity index (χ1) is 12.3. The van der Waals surface area contributed by atoms with E-state index in [1.165, 1.54) is 12.1 Å². The highest BCUT2D eigenvalue weighted by molar-refractivity contribution is 7.89. The minimum absolute atomic E-state index is 0.218. The van der Waals surface area contributed by atoms with Crippen molar-refractivity contribution in [1.82, 2.24) is 4.31 Å². The average Bonchev–Trinajstić information content (AvgIpc) is 3.01. The molecule has 6 nitrogen and oxygen atoms in total. The van der Waals surface area contributed by atoms with Crippen LogP contribution >= 0.6 is 0 Å². The quantitative estimate of drug-likeness (QED) is 0.886. The Morgan fingerprint density at radius 3 is 2.23 bits per heavy atom. The van der Waals surface area contributed by atoms with Gasteiger partial charge in [0, 0.05) is 18.8 Å². The number of piperidine rings is 1. The number of carbonyl (C=O) groups excluding carboxylic acids is 1. The lowest BCUT2D eigenvalue weighted by atomic mass is 9.94. The maximum atomic E-state index is 12.9. The summed E-state index contributed by atoms with van der Waals surface area (Å²) in [5, 5.41) is 2.70. The van der Waals surface area contributed by atoms with E-state index in [4.69, 9.17) is 4.42 Å². The van der Waals surface area contributed by atoms with Gasteiger partial charge in [0.25, 0.3) is 5.91 Å². The number of rotatable bonds is 4. The standard InChI is InChI=1S/C19H24N2O4S/c1-13-10-14(2)12-21(11-13)26(23,24)17-7-5-16(6-8-17)20-19(22)18-9-4-15(3)25-18/h4-9,13-14H,10-12H2,1-3H3,(H,20,22)/t13-,14+. The van der Waals surface area contributed by atoms with Gasteiger partial charge in [-0.15, -0.1) is 0 Å². The van der Waals surface area contributed by atoms with Gasteiger partial charge in [0.2, 0.25) is 10.0 Å². The van der Waals surface area contributed by atoms with Crippen LogP contribution < -0.4 is 5.32 Å². The second-order valence-electron chi connectivity index (χ2n) is 7.16. The Labute approximate surface area is 154 Å². The molecule has 0 radical (unpaired) electrons. The van der Waals surface area contributed by atoms with E-state index in [1.54, 1.807) is 35.5 Å². The number of benzene rings is 1. The zero-order valence-corrected chi connectivity index (χ0v) is 16.0. The Morgan fingerprint density at radius 1 is 1.08 bits per heavy atom. The van der Waals surface area contributed by atoms with Crippen LogP contribution in [0.3, 0.4) is 0 Å². The second kappa shape index (κ2) is 7.25. The first-order valence-electron chi connectivity index (χ1n) is 8.73. The Kier molecular flexibility index (Phi) is 5.20. The predicted molar refractivity (Wildman–Crippen MR) is 99.5 cm³/mol. The fourth-order valence-corrected chi connectivity index (χ4v) is 5.09. The number of hydrogen-bond acceptors (Lipinski definition) is 4. The minimum Gasteiger partial charge on any atom is -0.456 e. The van der Waals surface area contributed by atoms with E-state index in [9.17, 15) is 13.2 Å². The largest absolute Gasteiger partial charge is 0.456 e. The molecule has 2 aromatic rings. The average molecular weight is 376 g/mol. The van der Waals surface area contributed by atoms with Gasteiger partial charge in [-0.3, -0.25) is 4.79 Å². The van der Waals surface area contributed by atoms with Crippen LogP contribution in [0.2, 0.25) is 0 Å². The Morgan fingerprint density at radius 2 is 1.69 bits per heavy atom. The number of amides is 1. The lowest BCUT2D eigenvalue weighted by Gasteiger charge is -2.34. The van der Waals surface area contributed by atoms with Crippen LogP contribution in [0.1, 0.15) is 36.6 Å². The van der Waals surface area contributed by atoms with E-state index in [-0.39, 0.29) is 16.6 Å². The van der Waals surface area contributed by atoms with Crippen molar-refractivity contribution >= 4 is 21.6 Å². The molecule has 0 unspecified atom stereocenters. The van der Waals surface area contributed by atoms with Crippen LogP contribution in [0.15, 0.2) is 45.7 Å². The fraction of sp³-hybridized carbons (Fsp3) is 0.421. The molecule has 2 heterocycles. The fourth-order valence-electron chi connectivity index (χ4n) is 3.41. The van der Waals surface area contributed by atoms with Crippen molar-refractivity contribution in [3.05, 3.63) is 47.9 Å². The number of furan rings is 1. The van der Waals surface area contributed by atoms with Gasteiger partial charge in [0.1, 0.15) is 5.76 Å². The third-order valence-corrected chi connectivity index (χ3v) is 6.40.